The van der Waals surface area contributed by atoms with Gasteiger partial charge in [-0.2, -0.15) is 5.26 Å². The Labute approximate surface area is 102 Å². The molecule has 0 saturated carbocycles. The van der Waals surface area contributed by atoms with Crippen molar-refractivity contribution in [2.75, 3.05) is 5.75 Å². The number of nitrogens with zero attached hydrogens (tertiary/aromatic N) is 2. The van der Waals surface area contributed by atoms with Crippen molar-refractivity contribution >= 4 is 11.8 Å². The van der Waals surface area contributed by atoms with Gasteiger partial charge in [0.05, 0.1) is 27.9 Å². The molecule has 0 unspecified atom stereocenters. The number of benzene rings is 1. The average Bonchev–Trinajstić information content (AvgIpc) is 2.93. The smallest absolute Gasteiger partial charge is 0.285 e. The first-order valence-electron chi connectivity index (χ1n) is 5.27. The zero-order valence-corrected chi connectivity index (χ0v) is 9.75. The van der Waals surface area contributed by atoms with Gasteiger partial charge < -0.3 is 0 Å². The van der Waals surface area contributed by atoms with Crippen molar-refractivity contribution in [3.8, 4) is 11.8 Å². The maximum atomic E-state index is 12.1. The molecule has 2 aromatic rings. The van der Waals surface area contributed by atoms with E-state index in [-0.39, 0.29) is 5.56 Å². The molecule has 1 N–H and O–H groups in total. The van der Waals surface area contributed by atoms with Crippen LogP contribution < -0.4 is 5.56 Å². The Morgan fingerprint density at radius 2 is 2.12 bits per heavy atom. The second-order valence-electron chi connectivity index (χ2n) is 3.82. The summed E-state index contributed by atoms with van der Waals surface area (Å²) in [4.78, 5) is 12.9. The highest BCUT2D eigenvalue weighted by Gasteiger charge is 2.20. The lowest BCUT2D eigenvalue weighted by Gasteiger charge is -2.01. The maximum absolute atomic E-state index is 12.1. The molecule has 1 aromatic heterocycles. The minimum Gasteiger partial charge on any atom is -0.294 e. The van der Waals surface area contributed by atoms with Crippen LogP contribution in [0.15, 0.2) is 34.0 Å². The van der Waals surface area contributed by atoms with Gasteiger partial charge in [0, 0.05) is 5.75 Å². The fourth-order valence-electron chi connectivity index (χ4n) is 1.91. The van der Waals surface area contributed by atoms with Crippen molar-refractivity contribution in [1.82, 2.24) is 9.78 Å². The molecule has 2 heterocycles. The van der Waals surface area contributed by atoms with Crippen LogP contribution >= 0.6 is 11.8 Å². The minimum atomic E-state index is 0.00667. The number of H-pyrrole nitrogens is 1. The molecule has 3 rings (SSSR count). The van der Waals surface area contributed by atoms with Crippen molar-refractivity contribution < 1.29 is 0 Å². The highest BCUT2D eigenvalue weighted by atomic mass is 32.2. The predicted octanol–water partition coefficient (Wildman–Crippen LogP) is 1.69. The van der Waals surface area contributed by atoms with Crippen LogP contribution in [0, 0.1) is 11.3 Å². The molecule has 0 radical (unpaired) electrons. The van der Waals surface area contributed by atoms with E-state index in [4.69, 9.17) is 5.26 Å². The summed E-state index contributed by atoms with van der Waals surface area (Å²) in [5.41, 5.74) is 2.39. The van der Waals surface area contributed by atoms with Gasteiger partial charge in [-0.05, 0) is 30.7 Å². The van der Waals surface area contributed by atoms with Gasteiger partial charge in [-0.3, -0.25) is 9.89 Å². The third kappa shape index (κ3) is 1.58. The molecular weight excluding hydrogens is 234 g/mol. The largest absolute Gasteiger partial charge is 0.294 e. The molecule has 0 atom stereocenters. The van der Waals surface area contributed by atoms with E-state index in [0.29, 0.717) is 5.56 Å². The molecule has 84 valence electrons. The van der Waals surface area contributed by atoms with Gasteiger partial charge in [0.1, 0.15) is 0 Å². The van der Waals surface area contributed by atoms with E-state index < -0.39 is 0 Å². The second-order valence-corrected chi connectivity index (χ2v) is 4.92. The first kappa shape index (κ1) is 10.2. The van der Waals surface area contributed by atoms with Gasteiger partial charge in [-0.1, -0.05) is 0 Å². The van der Waals surface area contributed by atoms with E-state index in [0.717, 1.165) is 28.5 Å². The van der Waals surface area contributed by atoms with Crippen LogP contribution in [0.25, 0.3) is 5.69 Å². The fourth-order valence-corrected chi connectivity index (χ4v) is 2.95. The van der Waals surface area contributed by atoms with Gasteiger partial charge in [0.2, 0.25) is 0 Å². The summed E-state index contributed by atoms with van der Waals surface area (Å²) in [7, 11) is 0. The molecule has 0 bridgehead atoms. The summed E-state index contributed by atoms with van der Waals surface area (Å²) in [5.74, 6) is 0.977. The Kier molecular flexibility index (Phi) is 2.30. The first-order valence-corrected chi connectivity index (χ1v) is 6.25. The SMILES string of the molecule is N#Cc1ccc(-n2[nH]c3c(c2=O)SCC3)cc1. The minimum absolute atomic E-state index is 0.00667. The Morgan fingerprint density at radius 1 is 1.35 bits per heavy atom. The Balaban J connectivity index is 2.10. The topological polar surface area (TPSA) is 61.6 Å². The number of thioether (sulfide) groups is 1. The number of rotatable bonds is 1. The van der Waals surface area contributed by atoms with Crippen LogP contribution in [-0.2, 0) is 6.42 Å². The Bertz CT molecular complexity index is 661. The highest BCUT2D eigenvalue weighted by molar-refractivity contribution is 7.99. The molecule has 0 aliphatic carbocycles. The second kappa shape index (κ2) is 3.82. The van der Waals surface area contributed by atoms with Gasteiger partial charge >= 0.3 is 0 Å². The standard InChI is InChI=1S/C12H9N3OS/c13-7-8-1-3-9(4-2-8)15-12(16)11-10(14-15)5-6-17-11/h1-4,14H,5-6H2. The summed E-state index contributed by atoms with van der Waals surface area (Å²) < 4.78 is 1.54. The number of nitriles is 1. The third-order valence-electron chi connectivity index (χ3n) is 2.77. The zero-order valence-electron chi connectivity index (χ0n) is 8.93. The lowest BCUT2D eigenvalue weighted by Crippen LogP contribution is -2.15. The number of nitrogens with one attached hydrogen (secondary N) is 1. The third-order valence-corrected chi connectivity index (χ3v) is 3.89. The molecule has 5 heteroatoms. The summed E-state index contributed by atoms with van der Waals surface area (Å²) in [6, 6.07) is 9.02. The lowest BCUT2D eigenvalue weighted by molar-refractivity contribution is 0.820. The van der Waals surface area contributed by atoms with Crippen LogP contribution in [0.3, 0.4) is 0 Å². The predicted molar refractivity (Wildman–Crippen MR) is 65.5 cm³/mol. The number of aryl methyl sites for hydroxylation is 1. The summed E-state index contributed by atoms with van der Waals surface area (Å²) in [6.07, 6.45) is 0.915. The molecule has 4 nitrogen and oxygen atoms in total. The van der Waals surface area contributed by atoms with Crippen molar-refractivity contribution in [3.05, 3.63) is 45.9 Å². The quantitative estimate of drug-likeness (QED) is 0.829. The molecule has 1 aromatic carbocycles. The maximum Gasteiger partial charge on any atom is 0.285 e. The van der Waals surface area contributed by atoms with Crippen LogP contribution in [0.4, 0.5) is 0 Å². The van der Waals surface area contributed by atoms with Crippen LogP contribution in [0.1, 0.15) is 11.3 Å². The molecule has 0 fully saturated rings. The first-order chi connectivity index (χ1) is 8.29. The Morgan fingerprint density at radius 3 is 2.76 bits per heavy atom. The molecule has 1 aliphatic rings. The molecule has 17 heavy (non-hydrogen) atoms. The number of aromatic nitrogens is 2. The summed E-state index contributed by atoms with van der Waals surface area (Å²) in [6.45, 7) is 0. The van der Waals surface area contributed by atoms with Crippen molar-refractivity contribution in [2.24, 2.45) is 0 Å². The van der Waals surface area contributed by atoms with Gasteiger partial charge in [-0.15, -0.1) is 11.8 Å². The fraction of sp³-hybridized carbons (Fsp3) is 0.167. The number of hydrogen-bond acceptors (Lipinski definition) is 3. The van der Waals surface area contributed by atoms with Crippen molar-refractivity contribution in [3.63, 3.8) is 0 Å². The van der Waals surface area contributed by atoms with Gasteiger partial charge in [-0.25, -0.2) is 4.68 Å². The number of fused-ring (bicyclic) bond motifs is 1. The van der Waals surface area contributed by atoms with E-state index in [2.05, 4.69) is 11.2 Å². The summed E-state index contributed by atoms with van der Waals surface area (Å²) in [5, 5.41) is 11.8. The number of aromatic amines is 1. The van der Waals surface area contributed by atoms with E-state index in [1.54, 1.807) is 36.0 Å². The van der Waals surface area contributed by atoms with E-state index >= 15 is 0 Å². The van der Waals surface area contributed by atoms with E-state index in [1.165, 1.54) is 4.68 Å². The van der Waals surface area contributed by atoms with Crippen LogP contribution in [0.5, 0.6) is 0 Å². The Hall–Kier alpha value is -1.93. The van der Waals surface area contributed by atoms with Gasteiger partial charge in [0.15, 0.2) is 0 Å². The van der Waals surface area contributed by atoms with Crippen LogP contribution in [-0.4, -0.2) is 15.5 Å². The summed E-state index contributed by atoms with van der Waals surface area (Å²) >= 11 is 1.60. The molecule has 0 spiro atoms. The van der Waals surface area contributed by atoms with Crippen LogP contribution in [0.2, 0.25) is 0 Å². The average molecular weight is 243 g/mol. The van der Waals surface area contributed by atoms with Crippen molar-refractivity contribution in [1.29, 1.82) is 5.26 Å². The molecule has 1 aliphatic heterocycles. The normalized spacial score (nSPS) is 13.4. The highest BCUT2D eigenvalue weighted by Crippen LogP contribution is 2.27. The molecule has 0 amide bonds. The zero-order chi connectivity index (χ0) is 11.8. The number of hydrogen-bond donors (Lipinski definition) is 1. The molecular formula is C12H9N3OS. The van der Waals surface area contributed by atoms with E-state index in [9.17, 15) is 4.79 Å². The molecule has 0 saturated heterocycles. The van der Waals surface area contributed by atoms with E-state index in [1.807, 2.05) is 0 Å². The monoisotopic (exact) mass is 243 g/mol. The lowest BCUT2D eigenvalue weighted by atomic mass is 10.2. The van der Waals surface area contributed by atoms with Crippen molar-refractivity contribution in [2.45, 2.75) is 11.3 Å². The van der Waals surface area contributed by atoms with Gasteiger partial charge in [0.25, 0.3) is 5.56 Å².